The van der Waals surface area contributed by atoms with Crippen LogP contribution in [0.5, 0.6) is 0 Å². The number of Topliss-reactive ketones (excluding diaryl/α,β-unsaturated/α-hetero) is 1. The van der Waals surface area contributed by atoms with Gasteiger partial charge in [-0.2, -0.15) is 0 Å². The molecule has 0 saturated carbocycles. The first-order chi connectivity index (χ1) is 13.6. The predicted molar refractivity (Wildman–Crippen MR) is 117 cm³/mol. The largest absolute Gasteiger partial charge is 0.511 e. The van der Waals surface area contributed by atoms with Gasteiger partial charge in [0.1, 0.15) is 5.76 Å². The second kappa shape index (κ2) is 8.11. The summed E-state index contributed by atoms with van der Waals surface area (Å²) in [5.41, 5.74) is 2.87. The molecule has 1 aliphatic carbocycles. The second-order valence-corrected chi connectivity index (χ2v) is 7.86. The van der Waals surface area contributed by atoms with E-state index in [9.17, 15) is 9.90 Å². The number of aliphatic imine (C=N–C) groups is 1. The van der Waals surface area contributed by atoms with Crippen LogP contribution in [0, 0.1) is 0 Å². The quantitative estimate of drug-likeness (QED) is 0.478. The summed E-state index contributed by atoms with van der Waals surface area (Å²) in [6.07, 6.45) is 2.15. The number of hydrogen-bond acceptors (Lipinski definition) is 3. The van der Waals surface area contributed by atoms with Crippen LogP contribution >= 0.6 is 15.9 Å². The molecule has 0 amide bonds. The first kappa shape index (κ1) is 18.6. The SMILES string of the molecule is O=C1CCCC(O)=C1C(Cc1cccc2ccccc12)=Nc1ccc(Br)cc1. The molecule has 0 fully saturated rings. The fourth-order valence-electron chi connectivity index (χ4n) is 3.64. The Morgan fingerprint density at radius 3 is 2.50 bits per heavy atom. The number of aliphatic hydroxyl groups is 1. The molecular weight excluding hydrogens is 414 g/mol. The van der Waals surface area contributed by atoms with Crippen molar-refractivity contribution in [3.05, 3.63) is 88.1 Å². The van der Waals surface area contributed by atoms with Crippen molar-refractivity contribution in [2.45, 2.75) is 25.7 Å². The molecule has 0 aromatic heterocycles. The van der Waals surface area contributed by atoms with Crippen molar-refractivity contribution in [3.63, 3.8) is 0 Å². The monoisotopic (exact) mass is 433 g/mol. The average molecular weight is 434 g/mol. The molecule has 0 saturated heterocycles. The lowest BCUT2D eigenvalue weighted by atomic mass is 9.89. The van der Waals surface area contributed by atoms with Crippen LogP contribution in [0.3, 0.4) is 0 Å². The number of fused-ring (bicyclic) bond motifs is 1. The molecule has 0 radical (unpaired) electrons. The molecule has 140 valence electrons. The first-order valence-electron chi connectivity index (χ1n) is 9.37. The Labute approximate surface area is 172 Å². The number of halogens is 1. The molecule has 3 aromatic carbocycles. The van der Waals surface area contributed by atoms with E-state index in [0.29, 0.717) is 37.0 Å². The zero-order chi connectivity index (χ0) is 19.5. The molecule has 0 aliphatic heterocycles. The van der Waals surface area contributed by atoms with Gasteiger partial charge >= 0.3 is 0 Å². The van der Waals surface area contributed by atoms with E-state index < -0.39 is 0 Å². The number of hydrogen-bond donors (Lipinski definition) is 1. The van der Waals surface area contributed by atoms with Crippen molar-refractivity contribution in [1.82, 2.24) is 0 Å². The summed E-state index contributed by atoms with van der Waals surface area (Å²) in [4.78, 5) is 17.4. The van der Waals surface area contributed by atoms with E-state index in [1.165, 1.54) is 0 Å². The maximum Gasteiger partial charge on any atom is 0.168 e. The Hall–Kier alpha value is -2.72. The van der Waals surface area contributed by atoms with Crippen molar-refractivity contribution >= 4 is 43.9 Å². The molecule has 0 bridgehead atoms. The van der Waals surface area contributed by atoms with E-state index >= 15 is 0 Å². The third-order valence-corrected chi connectivity index (χ3v) is 5.53. The number of carbonyl (C=O) groups excluding carboxylic acids is 1. The highest BCUT2D eigenvalue weighted by Crippen LogP contribution is 2.27. The lowest BCUT2D eigenvalue weighted by molar-refractivity contribution is -0.115. The molecule has 0 unspecified atom stereocenters. The van der Waals surface area contributed by atoms with E-state index in [4.69, 9.17) is 4.99 Å². The van der Waals surface area contributed by atoms with Gasteiger partial charge < -0.3 is 5.11 Å². The fourth-order valence-corrected chi connectivity index (χ4v) is 3.90. The van der Waals surface area contributed by atoms with E-state index in [-0.39, 0.29) is 11.5 Å². The molecule has 28 heavy (non-hydrogen) atoms. The first-order valence-corrected chi connectivity index (χ1v) is 10.2. The van der Waals surface area contributed by atoms with Gasteiger partial charge in [0.25, 0.3) is 0 Å². The van der Waals surface area contributed by atoms with Crippen LogP contribution in [0.25, 0.3) is 10.8 Å². The molecule has 4 rings (SSSR count). The number of ketones is 1. The minimum Gasteiger partial charge on any atom is -0.511 e. The Kier molecular flexibility index (Phi) is 5.40. The lowest BCUT2D eigenvalue weighted by Gasteiger charge is -2.18. The highest BCUT2D eigenvalue weighted by Gasteiger charge is 2.25. The standard InChI is InChI=1S/C24H20BrNO2/c25-18-11-13-19(14-12-18)26-21(24-22(27)9-4-10-23(24)28)15-17-7-3-6-16-5-1-2-8-20(16)17/h1-3,5-8,11-14,27H,4,9-10,15H2. The van der Waals surface area contributed by atoms with Gasteiger partial charge in [-0.1, -0.05) is 58.4 Å². The Morgan fingerprint density at radius 2 is 1.71 bits per heavy atom. The number of nitrogens with zero attached hydrogens (tertiary/aromatic N) is 1. The van der Waals surface area contributed by atoms with Gasteiger partial charge in [-0.05, 0) is 47.0 Å². The topological polar surface area (TPSA) is 49.7 Å². The molecule has 3 nitrogen and oxygen atoms in total. The van der Waals surface area contributed by atoms with Crippen LogP contribution in [0.1, 0.15) is 24.8 Å². The number of benzene rings is 3. The molecule has 0 heterocycles. The number of carbonyl (C=O) groups is 1. The van der Waals surface area contributed by atoms with E-state index in [1.807, 2.05) is 42.5 Å². The molecule has 1 N–H and O–H groups in total. The van der Waals surface area contributed by atoms with Crippen LogP contribution in [0.4, 0.5) is 5.69 Å². The maximum absolute atomic E-state index is 12.6. The van der Waals surface area contributed by atoms with Crippen molar-refractivity contribution in [2.24, 2.45) is 4.99 Å². The second-order valence-electron chi connectivity index (χ2n) is 6.95. The Balaban J connectivity index is 1.83. The van der Waals surface area contributed by atoms with Crippen LogP contribution < -0.4 is 0 Å². The molecule has 1 aliphatic rings. The van der Waals surface area contributed by atoms with Gasteiger partial charge in [0.05, 0.1) is 17.0 Å². The van der Waals surface area contributed by atoms with E-state index in [0.717, 1.165) is 26.5 Å². The summed E-state index contributed by atoms with van der Waals surface area (Å²) in [5, 5.41) is 12.8. The summed E-state index contributed by atoms with van der Waals surface area (Å²) in [6.45, 7) is 0. The van der Waals surface area contributed by atoms with E-state index in [1.54, 1.807) is 0 Å². The van der Waals surface area contributed by atoms with Crippen molar-refractivity contribution in [2.75, 3.05) is 0 Å². The highest BCUT2D eigenvalue weighted by molar-refractivity contribution is 9.10. The molecule has 0 atom stereocenters. The summed E-state index contributed by atoms with van der Waals surface area (Å²) in [7, 11) is 0. The summed E-state index contributed by atoms with van der Waals surface area (Å²) >= 11 is 3.44. The van der Waals surface area contributed by atoms with Crippen molar-refractivity contribution in [1.29, 1.82) is 0 Å². The number of aliphatic hydroxyl groups excluding tert-OH is 1. The average Bonchev–Trinajstić information content (AvgIpc) is 2.70. The summed E-state index contributed by atoms with van der Waals surface area (Å²) in [6, 6.07) is 22.0. The van der Waals surface area contributed by atoms with Gasteiger partial charge in [-0.3, -0.25) is 9.79 Å². The molecule has 0 spiro atoms. The van der Waals surface area contributed by atoms with Gasteiger partial charge in [0.2, 0.25) is 0 Å². The maximum atomic E-state index is 12.6. The smallest absolute Gasteiger partial charge is 0.168 e. The fraction of sp³-hybridized carbons (Fsp3) is 0.167. The zero-order valence-corrected chi connectivity index (χ0v) is 16.9. The van der Waals surface area contributed by atoms with Gasteiger partial charge in [-0.15, -0.1) is 0 Å². The predicted octanol–water partition coefficient (Wildman–Crippen LogP) is 6.48. The Bertz CT molecular complexity index is 1090. The zero-order valence-electron chi connectivity index (χ0n) is 15.4. The van der Waals surface area contributed by atoms with Crippen LogP contribution in [0.15, 0.2) is 87.5 Å². The minimum absolute atomic E-state index is 0.0279. The molecule has 4 heteroatoms. The van der Waals surface area contributed by atoms with Crippen LogP contribution in [0.2, 0.25) is 0 Å². The van der Waals surface area contributed by atoms with Gasteiger partial charge in [-0.25, -0.2) is 0 Å². The van der Waals surface area contributed by atoms with Crippen LogP contribution in [-0.2, 0) is 11.2 Å². The third-order valence-electron chi connectivity index (χ3n) is 5.00. The van der Waals surface area contributed by atoms with Crippen molar-refractivity contribution in [3.8, 4) is 0 Å². The third kappa shape index (κ3) is 3.92. The van der Waals surface area contributed by atoms with E-state index in [2.05, 4.69) is 40.2 Å². The molecular formula is C24H20BrNO2. The Morgan fingerprint density at radius 1 is 0.964 bits per heavy atom. The van der Waals surface area contributed by atoms with Crippen molar-refractivity contribution < 1.29 is 9.90 Å². The molecule has 3 aromatic rings. The van der Waals surface area contributed by atoms with Gasteiger partial charge in [0.15, 0.2) is 5.78 Å². The lowest BCUT2D eigenvalue weighted by Crippen LogP contribution is -2.21. The summed E-state index contributed by atoms with van der Waals surface area (Å²) < 4.78 is 0.970. The number of allylic oxidation sites excluding steroid dienone is 2. The summed E-state index contributed by atoms with van der Waals surface area (Å²) in [5.74, 6) is 0.132. The minimum atomic E-state index is -0.0279. The normalized spacial score (nSPS) is 15.3. The van der Waals surface area contributed by atoms with Gasteiger partial charge in [0, 0.05) is 23.7 Å². The van der Waals surface area contributed by atoms with Crippen LogP contribution in [-0.4, -0.2) is 16.6 Å². The number of rotatable bonds is 4. The highest BCUT2D eigenvalue weighted by atomic mass is 79.9.